The molecule has 2 amide bonds. The lowest BCUT2D eigenvalue weighted by atomic mass is 10.1. The van der Waals surface area contributed by atoms with Crippen LogP contribution in [0.1, 0.15) is 10.4 Å². The maximum Gasteiger partial charge on any atom is 0.335 e. The van der Waals surface area contributed by atoms with Gasteiger partial charge in [0.05, 0.1) is 16.3 Å². The van der Waals surface area contributed by atoms with Crippen LogP contribution in [0.3, 0.4) is 0 Å². The van der Waals surface area contributed by atoms with Crippen LogP contribution >= 0.6 is 23.2 Å². The van der Waals surface area contributed by atoms with E-state index in [1.54, 1.807) is 44.4 Å². The highest BCUT2D eigenvalue weighted by atomic mass is 35.5. The topological polar surface area (TPSA) is 105 Å². The Hall–Kier alpha value is -3.49. The summed E-state index contributed by atoms with van der Waals surface area (Å²) in [7, 11) is 3.22. The van der Waals surface area contributed by atoms with E-state index >= 15 is 0 Å². The van der Waals surface area contributed by atoms with Gasteiger partial charge in [0.2, 0.25) is 0 Å². The number of carboxylic acid groups (broad SMARTS) is 1. The van der Waals surface area contributed by atoms with E-state index in [-0.39, 0.29) is 28.8 Å². The van der Waals surface area contributed by atoms with Crippen molar-refractivity contribution in [3.8, 4) is 11.5 Å². The standard InChI is InChI=1S/C23H20Cl2N2O6/c1-27(2)21(29)12-33-18-6-4-3-5-17(18)26-20(28)11-32-19-9-14(23(30)31)7-13-8-15(24)10-16(25)22(13)19/h3-10H,11-12H2,1-2H3,(H,26,28)(H,30,31). The predicted octanol–water partition coefficient (Wildman–Crippen LogP) is 4.33. The van der Waals surface area contributed by atoms with E-state index in [4.69, 9.17) is 32.7 Å². The number of carbonyl (C=O) groups is 3. The highest BCUT2D eigenvalue weighted by Gasteiger charge is 2.16. The quantitative estimate of drug-likeness (QED) is 0.486. The minimum atomic E-state index is -1.17. The number of fused-ring (bicyclic) bond motifs is 1. The number of ether oxygens (including phenoxy) is 2. The first-order valence-corrected chi connectivity index (χ1v) is 10.4. The molecule has 0 bridgehead atoms. The molecule has 0 aromatic heterocycles. The number of halogens is 2. The van der Waals surface area contributed by atoms with Crippen LogP contribution in [0.15, 0.2) is 48.5 Å². The van der Waals surface area contributed by atoms with Gasteiger partial charge in [-0.2, -0.15) is 0 Å². The number of carbonyl (C=O) groups excluding carboxylic acids is 2. The number of anilines is 1. The molecule has 0 aliphatic rings. The first-order chi connectivity index (χ1) is 15.7. The van der Waals surface area contributed by atoms with Crippen LogP contribution < -0.4 is 14.8 Å². The molecular weight excluding hydrogens is 471 g/mol. The van der Waals surface area contributed by atoms with Gasteiger partial charge in [-0.25, -0.2) is 4.79 Å². The number of carboxylic acids is 1. The zero-order valence-electron chi connectivity index (χ0n) is 17.7. The predicted molar refractivity (Wildman–Crippen MR) is 126 cm³/mol. The molecule has 3 aromatic carbocycles. The molecule has 2 N–H and O–H groups in total. The lowest BCUT2D eigenvalue weighted by molar-refractivity contribution is -0.130. The van der Waals surface area contributed by atoms with Gasteiger partial charge in [0, 0.05) is 24.5 Å². The molecule has 8 nitrogen and oxygen atoms in total. The summed E-state index contributed by atoms with van der Waals surface area (Å²) < 4.78 is 11.1. The number of aromatic carboxylic acids is 1. The third kappa shape index (κ3) is 6.06. The summed E-state index contributed by atoms with van der Waals surface area (Å²) in [6.45, 7) is -0.618. The van der Waals surface area contributed by atoms with Gasteiger partial charge in [-0.15, -0.1) is 0 Å². The molecule has 33 heavy (non-hydrogen) atoms. The van der Waals surface area contributed by atoms with Gasteiger partial charge < -0.3 is 24.8 Å². The number of benzene rings is 3. The van der Waals surface area contributed by atoms with E-state index in [9.17, 15) is 19.5 Å². The molecular formula is C23H20Cl2N2O6. The van der Waals surface area contributed by atoms with Crippen LogP contribution in [0.4, 0.5) is 5.69 Å². The third-order valence-corrected chi connectivity index (χ3v) is 5.06. The Morgan fingerprint density at radius 1 is 0.970 bits per heavy atom. The zero-order valence-corrected chi connectivity index (χ0v) is 19.2. The number of nitrogens with zero attached hydrogens (tertiary/aromatic N) is 1. The minimum absolute atomic E-state index is 0.0412. The first kappa shape index (κ1) is 24.2. The van der Waals surface area contributed by atoms with Crippen molar-refractivity contribution in [2.24, 2.45) is 0 Å². The molecule has 3 aromatic rings. The van der Waals surface area contributed by atoms with Crippen LogP contribution in [0, 0.1) is 0 Å². The number of nitrogens with one attached hydrogen (secondary N) is 1. The molecule has 0 saturated heterocycles. The van der Waals surface area contributed by atoms with Crippen molar-refractivity contribution in [1.82, 2.24) is 4.90 Å². The SMILES string of the molecule is CN(C)C(=O)COc1ccccc1NC(=O)COc1cc(C(=O)O)cc2cc(Cl)cc(Cl)c12. The Kier molecular flexibility index (Phi) is 7.63. The molecule has 0 unspecified atom stereocenters. The summed E-state index contributed by atoms with van der Waals surface area (Å²) in [6, 6.07) is 12.4. The van der Waals surface area contributed by atoms with E-state index in [2.05, 4.69) is 5.32 Å². The fourth-order valence-electron chi connectivity index (χ4n) is 2.92. The number of amides is 2. The summed E-state index contributed by atoms with van der Waals surface area (Å²) >= 11 is 12.3. The Morgan fingerprint density at radius 3 is 2.36 bits per heavy atom. The summed E-state index contributed by atoms with van der Waals surface area (Å²) in [5.41, 5.74) is 0.312. The molecule has 0 aliphatic heterocycles. The second kappa shape index (κ2) is 10.4. The van der Waals surface area contributed by atoms with Crippen molar-refractivity contribution in [2.45, 2.75) is 0 Å². The molecule has 0 spiro atoms. The number of rotatable bonds is 8. The van der Waals surface area contributed by atoms with E-state index < -0.39 is 18.5 Å². The summed E-state index contributed by atoms with van der Waals surface area (Å²) in [5.74, 6) is -1.48. The number of hydrogen-bond acceptors (Lipinski definition) is 5. The second-order valence-electron chi connectivity index (χ2n) is 7.18. The van der Waals surface area contributed by atoms with Gasteiger partial charge in [0.1, 0.15) is 11.5 Å². The van der Waals surface area contributed by atoms with E-state index in [0.717, 1.165) is 0 Å². The van der Waals surface area contributed by atoms with E-state index in [1.807, 2.05) is 0 Å². The van der Waals surface area contributed by atoms with Gasteiger partial charge in [-0.05, 0) is 41.8 Å². The maximum atomic E-state index is 12.5. The van der Waals surface area contributed by atoms with Crippen molar-refractivity contribution in [1.29, 1.82) is 0 Å². The van der Waals surface area contributed by atoms with Crippen molar-refractivity contribution >= 4 is 57.4 Å². The largest absolute Gasteiger partial charge is 0.483 e. The van der Waals surface area contributed by atoms with Gasteiger partial charge in [0.25, 0.3) is 11.8 Å². The summed E-state index contributed by atoms with van der Waals surface area (Å²) in [4.78, 5) is 37.2. The van der Waals surface area contributed by atoms with Crippen LogP contribution in [0.5, 0.6) is 11.5 Å². The lowest BCUT2D eigenvalue weighted by Crippen LogP contribution is -2.28. The lowest BCUT2D eigenvalue weighted by Gasteiger charge is -2.15. The molecule has 0 heterocycles. The average Bonchev–Trinajstić information content (AvgIpc) is 2.75. The summed E-state index contributed by atoms with van der Waals surface area (Å²) in [6.07, 6.45) is 0. The Bertz CT molecular complexity index is 1230. The Labute approximate surface area is 199 Å². The van der Waals surface area contributed by atoms with E-state index in [1.165, 1.54) is 23.1 Å². The maximum absolute atomic E-state index is 12.5. The van der Waals surface area contributed by atoms with Crippen molar-refractivity contribution < 1.29 is 29.0 Å². The Morgan fingerprint density at radius 2 is 1.67 bits per heavy atom. The highest BCUT2D eigenvalue weighted by Crippen LogP contribution is 2.36. The van der Waals surface area contributed by atoms with Gasteiger partial charge in [-0.1, -0.05) is 35.3 Å². The summed E-state index contributed by atoms with van der Waals surface area (Å²) in [5, 5.41) is 13.5. The van der Waals surface area contributed by atoms with Crippen LogP contribution in [-0.4, -0.2) is 55.1 Å². The molecule has 0 atom stereocenters. The molecule has 0 saturated carbocycles. The van der Waals surface area contributed by atoms with Crippen molar-refractivity contribution in [3.63, 3.8) is 0 Å². The van der Waals surface area contributed by atoms with Gasteiger partial charge in [0.15, 0.2) is 13.2 Å². The first-order valence-electron chi connectivity index (χ1n) is 9.66. The molecule has 172 valence electrons. The molecule has 3 rings (SSSR count). The molecule has 0 radical (unpaired) electrons. The third-order valence-electron chi connectivity index (χ3n) is 4.55. The molecule has 0 fully saturated rings. The van der Waals surface area contributed by atoms with Gasteiger partial charge >= 0.3 is 5.97 Å². The van der Waals surface area contributed by atoms with Crippen LogP contribution in [0.2, 0.25) is 10.0 Å². The van der Waals surface area contributed by atoms with E-state index in [0.29, 0.717) is 27.2 Å². The smallest absolute Gasteiger partial charge is 0.335 e. The number of para-hydroxylation sites is 2. The minimum Gasteiger partial charge on any atom is -0.483 e. The second-order valence-corrected chi connectivity index (χ2v) is 8.02. The number of likely N-dealkylation sites (N-methyl/N-ethyl adjacent to an activating group) is 1. The fraction of sp³-hybridized carbons (Fsp3) is 0.174. The normalized spacial score (nSPS) is 10.5. The van der Waals surface area contributed by atoms with Crippen LogP contribution in [-0.2, 0) is 9.59 Å². The number of hydrogen-bond donors (Lipinski definition) is 2. The monoisotopic (exact) mass is 490 g/mol. The average molecular weight is 491 g/mol. The molecule has 10 heteroatoms. The van der Waals surface area contributed by atoms with Crippen molar-refractivity contribution in [2.75, 3.05) is 32.6 Å². The van der Waals surface area contributed by atoms with Crippen LogP contribution in [0.25, 0.3) is 10.8 Å². The fourth-order valence-corrected chi connectivity index (χ4v) is 3.52. The van der Waals surface area contributed by atoms with Crippen molar-refractivity contribution in [3.05, 3.63) is 64.1 Å². The van der Waals surface area contributed by atoms with Gasteiger partial charge in [-0.3, -0.25) is 9.59 Å². The zero-order chi connectivity index (χ0) is 24.1. The molecule has 0 aliphatic carbocycles. The Balaban J connectivity index is 1.77. The highest BCUT2D eigenvalue weighted by molar-refractivity contribution is 6.39.